The molecule has 3 rings (SSSR count). The molecule has 0 aliphatic heterocycles. The fraction of sp³-hybridized carbons (Fsp3) is 0.214. The monoisotopic (exact) mass is 273 g/mol. The lowest BCUT2D eigenvalue weighted by Crippen LogP contribution is -2.11. The first kappa shape index (κ1) is 12.2. The Labute approximate surface area is 114 Å². The number of rotatable bonds is 3. The molecule has 2 heterocycles. The number of aromatic amines is 2. The normalized spacial score (nSPS) is 12.9. The van der Waals surface area contributed by atoms with Gasteiger partial charge in [-0.1, -0.05) is 13.0 Å². The molecule has 98 valence electrons. The maximum Gasteiger partial charge on any atom is 0.323 e. The van der Waals surface area contributed by atoms with E-state index >= 15 is 0 Å². The molecule has 0 radical (unpaired) electrons. The van der Waals surface area contributed by atoms with Crippen molar-refractivity contribution in [2.45, 2.75) is 19.4 Å². The van der Waals surface area contributed by atoms with Crippen LogP contribution in [0, 0.1) is 0 Å². The van der Waals surface area contributed by atoms with E-state index in [1.54, 1.807) is 11.3 Å². The molecule has 1 atom stereocenters. The fourth-order valence-corrected chi connectivity index (χ4v) is 3.33. The molecule has 0 spiro atoms. The second kappa shape index (κ2) is 4.68. The van der Waals surface area contributed by atoms with Crippen LogP contribution in [0.2, 0.25) is 0 Å². The predicted molar refractivity (Wildman–Crippen MR) is 78.6 cm³/mol. The summed E-state index contributed by atoms with van der Waals surface area (Å²) in [6.07, 6.45) is 0.982. The minimum Gasteiger partial charge on any atom is -0.320 e. The van der Waals surface area contributed by atoms with Crippen LogP contribution in [0.25, 0.3) is 11.0 Å². The number of hydrogen-bond donors (Lipinski definition) is 3. The van der Waals surface area contributed by atoms with Gasteiger partial charge in [0, 0.05) is 4.88 Å². The van der Waals surface area contributed by atoms with Crippen molar-refractivity contribution in [2.24, 2.45) is 5.73 Å². The number of benzene rings is 1. The van der Waals surface area contributed by atoms with Gasteiger partial charge in [0.1, 0.15) is 0 Å². The molecule has 19 heavy (non-hydrogen) atoms. The quantitative estimate of drug-likeness (QED) is 0.686. The summed E-state index contributed by atoms with van der Waals surface area (Å²) in [5.41, 5.74) is 10.1. The summed E-state index contributed by atoms with van der Waals surface area (Å²) in [4.78, 5) is 17.9. The van der Waals surface area contributed by atoms with Crippen LogP contribution in [-0.2, 0) is 6.42 Å². The summed E-state index contributed by atoms with van der Waals surface area (Å²) in [7, 11) is 0. The van der Waals surface area contributed by atoms with Gasteiger partial charge in [0.05, 0.1) is 17.1 Å². The molecule has 4 nitrogen and oxygen atoms in total. The number of nitrogens with two attached hydrogens (primary N) is 1. The first-order valence-electron chi connectivity index (χ1n) is 6.23. The van der Waals surface area contributed by atoms with E-state index in [1.165, 1.54) is 10.4 Å². The zero-order valence-corrected chi connectivity index (χ0v) is 11.4. The standard InChI is InChI=1S/C14H15N3OS/c1-2-8-5-6-19-13(8)12(15)9-3-4-10-11(7-9)17-14(18)16-10/h3-7,12H,2,15H2,1H3,(H2,16,17,18). The molecule has 1 aromatic carbocycles. The fourth-order valence-electron chi connectivity index (χ4n) is 2.31. The Bertz CT molecular complexity index is 768. The second-order valence-corrected chi connectivity index (χ2v) is 5.47. The maximum atomic E-state index is 11.3. The van der Waals surface area contributed by atoms with Gasteiger partial charge in [-0.05, 0) is 41.1 Å². The summed E-state index contributed by atoms with van der Waals surface area (Å²) >= 11 is 1.68. The third-order valence-electron chi connectivity index (χ3n) is 3.34. The van der Waals surface area contributed by atoms with Gasteiger partial charge in [-0.3, -0.25) is 0 Å². The third-order valence-corrected chi connectivity index (χ3v) is 4.39. The minimum atomic E-state index is -0.189. The number of H-pyrrole nitrogens is 2. The zero-order valence-electron chi connectivity index (χ0n) is 10.6. The maximum absolute atomic E-state index is 11.3. The zero-order chi connectivity index (χ0) is 13.4. The number of fused-ring (bicyclic) bond motifs is 1. The molecular weight excluding hydrogens is 258 g/mol. The Hall–Kier alpha value is -1.85. The average Bonchev–Trinajstić information content (AvgIpc) is 3.01. The summed E-state index contributed by atoms with van der Waals surface area (Å²) in [5.74, 6) is 0. The highest BCUT2D eigenvalue weighted by atomic mass is 32.1. The van der Waals surface area contributed by atoms with Crippen LogP contribution in [0.1, 0.15) is 29.0 Å². The van der Waals surface area contributed by atoms with Crippen molar-refractivity contribution in [3.63, 3.8) is 0 Å². The lowest BCUT2D eigenvalue weighted by atomic mass is 10.0. The highest BCUT2D eigenvalue weighted by Crippen LogP contribution is 2.29. The van der Waals surface area contributed by atoms with E-state index in [4.69, 9.17) is 5.73 Å². The summed E-state index contributed by atoms with van der Waals surface area (Å²) in [6, 6.07) is 7.78. The molecular formula is C14H15N3OS. The third kappa shape index (κ3) is 2.11. The molecule has 2 aromatic heterocycles. The topological polar surface area (TPSA) is 74.7 Å². The molecule has 3 aromatic rings. The average molecular weight is 273 g/mol. The Balaban J connectivity index is 2.05. The summed E-state index contributed by atoms with van der Waals surface area (Å²) < 4.78 is 0. The predicted octanol–water partition coefficient (Wildman–Crippen LogP) is 2.53. The van der Waals surface area contributed by atoms with E-state index in [9.17, 15) is 4.79 Å². The molecule has 0 aliphatic rings. The van der Waals surface area contributed by atoms with Gasteiger partial charge < -0.3 is 15.7 Å². The van der Waals surface area contributed by atoms with Crippen molar-refractivity contribution in [1.82, 2.24) is 9.97 Å². The van der Waals surface area contributed by atoms with Crippen molar-refractivity contribution in [2.75, 3.05) is 0 Å². The highest BCUT2D eigenvalue weighted by molar-refractivity contribution is 7.10. The van der Waals surface area contributed by atoms with E-state index < -0.39 is 0 Å². The first-order chi connectivity index (χ1) is 9.19. The molecule has 5 heteroatoms. The second-order valence-electron chi connectivity index (χ2n) is 4.53. The van der Waals surface area contributed by atoms with Crippen LogP contribution >= 0.6 is 11.3 Å². The number of nitrogens with one attached hydrogen (secondary N) is 2. The van der Waals surface area contributed by atoms with Gasteiger partial charge >= 0.3 is 5.69 Å². The van der Waals surface area contributed by atoms with Gasteiger partial charge in [-0.15, -0.1) is 11.3 Å². The van der Waals surface area contributed by atoms with Crippen molar-refractivity contribution in [3.8, 4) is 0 Å². The van der Waals surface area contributed by atoms with Crippen molar-refractivity contribution in [3.05, 3.63) is 56.1 Å². The van der Waals surface area contributed by atoms with Crippen LogP contribution in [-0.4, -0.2) is 9.97 Å². The minimum absolute atomic E-state index is 0.141. The Morgan fingerprint density at radius 2 is 2.05 bits per heavy atom. The Morgan fingerprint density at radius 3 is 2.84 bits per heavy atom. The largest absolute Gasteiger partial charge is 0.323 e. The Morgan fingerprint density at radius 1 is 1.26 bits per heavy atom. The van der Waals surface area contributed by atoms with Crippen LogP contribution < -0.4 is 11.4 Å². The molecule has 0 aliphatic carbocycles. The number of aryl methyl sites for hydroxylation is 1. The van der Waals surface area contributed by atoms with Gasteiger partial charge in [0.25, 0.3) is 0 Å². The first-order valence-corrected chi connectivity index (χ1v) is 7.10. The smallest absolute Gasteiger partial charge is 0.320 e. The van der Waals surface area contributed by atoms with Crippen LogP contribution in [0.3, 0.4) is 0 Å². The van der Waals surface area contributed by atoms with Crippen LogP contribution in [0.4, 0.5) is 0 Å². The molecule has 4 N–H and O–H groups in total. The van der Waals surface area contributed by atoms with Gasteiger partial charge in [0.15, 0.2) is 0 Å². The van der Waals surface area contributed by atoms with E-state index in [2.05, 4.69) is 28.3 Å². The van der Waals surface area contributed by atoms with Gasteiger partial charge in [-0.25, -0.2) is 4.79 Å². The summed E-state index contributed by atoms with van der Waals surface area (Å²) in [6.45, 7) is 2.13. The van der Waals surface area contributed by atoms with Gasteiger partial charge in [0.2, 0.25) is 0 Å². The van der Waals surface area contributed by atoms with Crippen molar-refractivity contribution >= 4 is 22.4 Å². The summed E-state index contributed by atoms with van der Waals surface area (Å²) in [5, 5.41) is 2.07. The van der Waals surface area contributed by atoms with Crippen molar-refractivity contribution in [1.29, 1.82) is 0 Å². The number of imidazole rings is 1. The number of thiophene rings is 1. The molecule has 0 fully saturated rings. The molecule has 0 saturated heterocycles. The van der Waals surface area contributed by atoms with Crippen molar-refractivity contribution < 1.29 is 0 Å². The molecule has 1 unspecified atom stereocenters. The molecule has 0 saturated carbocycles. The number of hydrogen-bond acceptors (Lipinski definition) is 3. The van der Waals surface area contributed by atoms with E-state index in [-0.39, 0.29) is 11.7 Å². The lowest BCUT2D eigenvalue weighted by Gasteiger charge is -2.12. The SMILES string of the molecule is CCc1ccsc1C(N)c1ccc2[nH]c(=O)[nH]c2c1. The van der Waals surface area contributed by atoms with Crippen LogP contribution in [0.5, 0.6) is 0 Å². The lowest BCUT2D eigenvalue weighted by molar-refractivity contribution is 0.875. The molecule has 0 bridgehead atoms. The number of aromatic nitrogens is 2. The highest BCUT2D eigenvalue weighted by Gasteiger charge is 2.14. The van der Waals surface area contributed by atoms with E-state index in [0.717, 1.165) is 23.0 Å². The van der Waals surface area contributed by atoms with E-state index in [0.29, 0.717) is 0 Å². The van der Waals surface area contributed by atoms with E-state index in [1.807, 2.05) is 18.2 Å². The Kier molecular flexibility index (Phi) is 3.00. The van der Waals surface area contributed by atoms with Crippen LogP contribution in [0.15, 0.2) is 34.4 Å². The molecule has 0 amide bonds. The van der Waals surface area contributed by atoms with Gasteiger partial charge in [-0.2, -0.15) is 0 Å².